The van der Waals surface area contributed by atoms with Crippen LogP contribution in [0.2, 0.25) is 0 Å². The van der Waals surface area contributed by atoms with Gasteiger partial charge in [0.15, 0.2) is 0 Å². The molecule has 0 aromatic rings. The van der Waals surface area contributed by atoms with Crippen LogP contribution in [0.25, 0.3) is 0 Å². The summed E-state index contributed by atoms with van der Waals surface area (Å²) in [6, 6.07) is 0. The van der Waals surface area contributed by atoms with Crippen molar-refractivity contribution in [2.75, 3.05) is 6.61 Å². The molecule has 0 heterocycles. The normalized spacial score (nSPS) is 11.7. The van der Waals surface area contributed by atoms with Crippen LogP contribution in [-0.4, -0.2) is 34.2 Å². The van der Waals surface area contributed by atoms with Gasteiger partial charge in [-0.15, -0.1) is 0 Å². The fourth-order valence-electron chi connectivity index (χ4n) is 3.12. The molecule has 0 unspecified atom stereocenters. The van der Waals surface area contributed by atoms with Crippen molar-refractivity contribution >= 4 is 5.97 Å². The maximum absolute atomic E-state index is 11.5. The molecule has 0 aliphatic heterocycles. The zero-order valence-corrected chi connectivity index (χ0v) is 20.3. The predicted molar refractivity (Wildman–Crippen MR) is 123 cm³/mol. The maximum Gasteiger partial charge on any atom is 0.305 e. The lowest BCUT2D eigenvalue weighted by Gasteiger charge is -2.28. The molecule has 0 fully saturated rings. The molecule has 29 heavy (non-hydrogen) atoms. The van der Waals surface area contributed by atoms with Crippen molar-refractivity contribution in [2.45, 2.75) is 143 Å². The molecule has 176 valence electrons. The molecule has 5 heteroatoms. The SMILES string of the molecule is CC(C)(O)NC(C)(C)O.CCCCCCCCCC(=O)OCCCCCCCC. The van der Waals surface area contributed by atoms with Gasteiger partial charge in [-0.05, 0) is 40.5 Å². The Balaban J connectivity index is 0. The number of aliphatic hydroxyl groups is 2. The highest BCUT2D eigenvalue weighted by atomic mass is 16.5. The quantitative estimate of drug-likeness (QED) is 0.152. The Morgan fingerprint density at radius 1 is 0.690 bits per heavy atom. The number of rotatable bonds is 17. The summed E-state index contributed by atoms with van der Waals surface area (Å²) in [4.78, 5) is 11.5. The summed E-state index contributed by atoms with van der Waals surface area (Å²) in [7, 11) is 0. The Kier molecular flexibility index (Phi) is 20.3. The van der Waals surface area contributed by atoms with Crippen molar-refractivity contribution in [1.29, 1.82) is 0 Å². The number of ether oxygens (including phenoxy) is 1. The van der Waals surface area contributed by atoms with Crippen molar-refractivity contribution in [3.8, 4) is 0 Å². The molecule has 5 nitrogen and oxygen atoms in total. The first kappa shape index (κ1) is 30.5. The largest absolute Gasteiger partial charge is 0.466 e. The number of esters is 1. The van der Waals surface area contributed by atoms with Gasteiger partial charge in [-0.25, -0.2) is 0 Å². The summed E-state index contributed by atoms with van der Waals surface area (Å²) >= 11 is 0. The molecule has 0 aromatic carbocycles. The van der Waals surface area contributed by atoms with Gasteiger partial charge < -0.3 is 14.9 Å². The summed E-state index contributed by atoms with van der Waals surface area (Å²) in [5.74, 6) is 0.00659. The zero-order chi connectivity index (χ0) is 22.6. The number of carbonyl (C=O) groups excluding carboxylic acids is 1. The summed E-state index contributed by atoms with van der Waals surface area (Å²) in [6.07, 6.45) is 16.8. The third-order valence-corrected chi connectivity index (χ3v) is 4.36. The second-order valence-corrected chi connectivity index (χ2v) is 9.10. The molecule has 0 rings (SSSR count). The molecule has 0 saturated heterocycles. The van der Waals surface area contributed by atoms with Crippen molar-refractivity contribution in [1.82, 2.24) is 5.32 Å². The number of hydrogen-bond acceptors (Lipinski definition) is 5. The van der Waals surface area contributed by atoms with Crippen LogP contribution in [-0.2, 0) is 9.53 Å². The fourth-order valence-corrected chi connectivity index (χ4v) is 3.12. The first-order valence-electron chi connectivity index (χ1n) is 11.9. The molecule has 0 atom stereocenters. The monoisotopic (exact) mass is 417 g/mol. The molecule has 0 aliphatic carbocycles. The van der Waals surface area contributed by atoms with Gasteiger partial charge in [-0.1, -0.05) is 84.5 Å². The molecular weight excluding hydrogens is 366 g/mol. The van der Waals surface area contributed by atoms with Gasteiger partial charge in [0.2, 0.25) is 0 Å². The third kappa shape index (κ3) is 32.2. The van der Waals surface area contributed by atoms with E-state index in [1.54, 1.807) is 27.7 Å². The Bertz CT molecular complexity index is 327. The summed E-state index contributed by atoms with van der Waals surface area (Å²) in [5.41, 5.74) is -2.03. The number of nitrogens with one attached hydrogen (secondary N) is 1. The van der Waals surface area contributed by atoms with Crippen LogP contribution in [0.5, 0.6) is 0 Å². The number of hydrogen-bond donors (Lipinski definition) is 3. The lowest BCUT2D eigenvalue weighted by molar-refractivity contribution is -0.143. The molecule has 3 N–H and O–H groups in total. The highest BCUT2D eigenvalue weighted by molar-refractivity contribution is 5.69. The van der Waals surface area contributed by atoms with Crippen molar-refractivity contribution in [2.24, 2.45) is 0 Å². The maximum atomic E-state index is 11.5. The minimum Gasteiger partial charge on any atom is -0.466 e. The highest BCUT2D eigenvalue weighted by Crippen LogP contribution is 2.09. The molecule has 0 amide bonds. The van der Waals surface area contributed by atoms with E-state index in [4.69, 9.17) is 14.9 Å². The van der Waals surface area contributed by atoms with Gasteiger partial charge in [0, 0.05) is 6.42 Å². The topological polar surface area (TPSA) is 78.8 Å². The van der Waals surface area contributed by atoms with Crippen LogP contribution in [0.3, 0.4) is 0 Å². The molecule has 0 aliphatic rings. The van der Waals surface area contributed by atoms with Crippen LogP contribution in [0.4, 0.5) is 0 Å². The van der Waals surface area contributed by atoms with Crippen LogP contribution >= 0.6 is 0 Å². The highest BCUT2D eigenvalue weighted by Gasteiger charge is 2.21. The lowest BCUT2D eigenvalue weighted by Crippen LogP contribution is -2.51. The van der Waals surface area contributed by atoms with Crippen LogP contribution < -0.4 is 5.32 Å². The lowest BCUT2D eigenvalue weighted by atomic mass is 10.1. The Morgan fingerprint density at radius 3 is 1.45 bits per heavy atom. The van der Waals surface area contributed by atoms with E-state index in [0.29, 0.717) is 13.0 Å². The van der Waals surface area contributed by atoms with E-state index in [2.05, 4.69) is 19.2 Å². The number of unbranched alkanes of at least 4 members (excludes halogenated alkanes) is 11. The van der Waals surface area contributed by atoms with Gasteiger partial charge in [-0.2, -0.15) is 0 Å². The predicted octanol–water partition coefficient (Wildman–Crippen LogP) is 6.06. The second kappa shape index (κ2) is 19.3. The smallest absolute Gasteiger partial charge is 0.305 e. The van der Waals surface area contributed by atoms with Gasteiger partial charge in [0.1, 0.15) is 11.4 Å². The summed E-state index contributed by atoms with van der Waals surface area (Å²) < 4.78 is 5.25. The fraction of sp³-hybridized carbons (Fsp3) is 0.958. The average molecular weight is 418 g/mol. The third-order valence-electron chi connectivity index (χ3n) is 4.36. The second-order valence-electron chi connectivity index (χ2n) is 9.10. The van der Waals surface area contributed by atoms with Gasteiger partial charge in [0.05, 0.1) is 6.61 Å². The Labute approximate surface area is 181 Å². The molecule has 0 aromatic heterocycles. The van der Waals surface area contributed by atoms with Crippen molar-refractivity contribution in [3.05, 3.63) is 0 Å². The molecule has 0 spiro atoms. The first-order chi connectivity index (χ1) is 13.5. The Morgan fingerprint density at radius 2 is 1.07 bits per heavy atom. The van der Waals surface area contributed by atoms with E-state index >= 15 is 0 Å². The molecular formula is C24H51NO4. The Hall–Kier alpha value is -0.650. The summed E-state index contributed by atoms with van der Waals surface area (Å²) in [5, 5.41) is 20.7. The van der Waals surface area contributed by atoms with Crippen LogP contribution in [0.1, 0.15) is 131 Å². The van der Waals surface area contributed by atoms with E-state index in [0.717, 1.165) is 12.8 Å². The van der Waals surface area contributed by atoms with Gasteiger partial charge in [0.25, 0.3) is 0 Å². The standard InChI is InChI=1S/C18H36O2.C6H15NO2/c1-3-5-7-9-11-12-14-16-18(19)20-17-15-13-10-8-6-4-2;1-5(2,8)7-6(3,4)9/h3-17H2,1-2H3;7-9H,1-4H3. The van der Waals surface area contributed by atoms with E-state index in [1.165, 1.54) is 70.6 Å². The summed E-state index contributed by atoms with van der Waals surface area (Å²) in [6.45, 7) is 11.4. The van der Waals surface area contributed by atoms with Crippen LogP contribution in [0, 0.1) is 0 Å². The minimum atomic E-state index is -1.02. The van der Waals surface area contributed by atoms with Gasteiger partial charge >= 0.3 is 5.97 Å². The van der Waals surface area contributed by atoms with E-state index in [9.17, 15) is 4.79 Å². The van der Waals surface area contributed by atoms with Crippen molar-refractivity contribution < 1.29 is 19.7 Å². The van der Waals surface area contributed by atoms with E-state index in [-0.39, 0.29) is 5.97 Å². The van der Waals surface area contributed by atoms with E-state index in [1.807, 2.05) is 0 Å². The minimum absolute atomic E-state index is 0.00659. The molecule has 0 saturated carbocycles. The van der Waals surface area contributed by atoms with Gasteiger partial charge in [-0.3, -0.25) is 10.1 Å². The van der Waals surface area contributed by atoms with Crippen molar-refractivity contribution in [3.63, 3.8) is 0 Å². The zero-order valence-electron chi connectivity index (χ0n) is 20.3. The molecule has 0 radical (unpaired) electrons. The van der Waals surface area contributed by atoms with Crippen LogP contribution in [0.15, 0.2) is 0 Å². The first-order valence-corrected chi connectivity index (χ1v) is 11.9. The number of carbonyl (C=O) groups is 1. The molecule has 0 bridgehead atoms. The van der Waals surface area contributed by atoms with E-state index < -0.39 is 11.4 Å². The average Bonchev–Trinajstić information content (AvgIpc) is 2.57.